The monoisotopic (exact) mass is 346 g/mol. The van der Waals surface area contributed by atoms with Crippen LogP contribution in [-0.2, 0) is 9.31 Å². The van der Waals surface area contributed by atoms with Crippen LogP contribution in [0.5, 0.6) is 0 Å². The fraction of sp³-hybridized carbons (Fsp3) is 0.467. The Labute approximate surface area is 140 Å². The van der Waals surface area contributed by atoms with Gasteiger partial charge in [0.05, 0.1) is 22.8 Å². The van der Waals surface area contributed by atoms with Gasteiger partial charge in [-0.1, -0.05) is 29.3 Å². The first-order valence-corrected chi connectivity index (χ1v) is 7.64. The Morgan fingerprint density at radius 3 is 2.27 bits per heavy atom. The van der Waals surface area contributed by atoms with Crippen molar-refractivity contribution in [2.45, 2.75) is 38.9 Å². The van der Waals surface area contributed by atoms with Crippen molar-refractivity contribution in [3.8, 4) is 0 Å². The lowest BCUT2D eigenvalue weighted by molar-refractivity contribution is 0.00578. The molecule has 0 aromatic heterocycles. The number of halogens is 3. The van der Waals surface area contributed by atoms with Crippen LogP contribution in [0, 0.1) is 5.82 Å². The quantitative estimate of drug-likeness (QED) is 0.660. The Morgan fingerprint density at radius 1 is 1.23 bits per heavy atom. The molecule has 0 aliphatic carbocycles. The molecule has 1 N–H and O–H groups in total. The van der Waals surface area contributed by atoms with Crippen LogP contribution in [0.4, 0.5) is 4.39 Å². The summed E-state index contributed by atoms with van der Waals surface area (Å²) in [5.74, 6) is -0.619. The van der Waals surface area contributed by atoms with Gasteiger partial charge in [0.25, 0.3) is 0 Å². The van der Waals surface area contributed by atoms with Gasteiger partial charge in [-0.25, -0.2) is 4.39 Å². The number of aliphatic hydroxyl groups excluding tert-OH is 1. The summed E-state index contributed by atoms with van der Waals surface area (Å²) in [6.45, 7) is 7.34. The minimum absolute atomic E-state index is 0.0631. The summed E-state index contributed by atoms with van der Waals surface area (Å²) in [4.78, 5) is 0. The number of hydrogen-bond donors (Lipinski definition) is 1. The first-order valence-electron chi connectivity index (χ1n) is 6.89. The molecule has 0 radical (unpaired) electrons. The summed E-state index contributed by atoms with van der Waals surface area (Å²) in [7, 11) is -0.729. The molecule has 22 heavy (non-hydrogen) atoms. The molecular formula is C15H18BCl2FO3. The molecule has 1 aromatic carbocycles. The third kappa shape index (κ3) is 3.34. The first kappa shape index (κ1) is 17.8. The van der Waals surface area contributed by atoms with Crippen LogP contribution < -0.4 is 0 Å². The highest BCUT2D eigenvalue weighted by Crippen LogP contribution is 2.39. The average Bonchev–Trinajstić information content (AvgIpc) is 2.60. The van der Waals surface area contributed by atoms with Crippen molar-refractivity contribution in [3.63, 3.8) is 0 Å². The molecule has 0 saturated carbocycles. The predicted molar refractivity (Wildman–Crippen MR) is 87.6 cm³/mol. The molecule has 1 aliphatic heterocycles. The second kappa shape index (κ2) is 6.14. The van der Waals surface area contributed by atoms with E-state index in [0.717, 1.165) is 6.07 Å². The van der Waals surface area contributed by atoms with Gasteiger partial charge in [-0.2, -0.15) is 0 Å². The highest BCUT2D eigenvalue weighted by Gasteiger charge is 2.52. The normalized spacial score (nSPS) is 20.5. The van der Waals surface area contributed by atoms with Gasteiger partial charge in [0.2, 0.25) is 0 Å². The van der Waals surface area contributed by atoms with Crippen molar-refractivity contribution in [3.05, 3.63) is 39.0 Å². The van der Waals surface area contributed by atoms with Crippen LogP contribution in [0.1, 0.15) is 33.3 Å². The minimum atomic E-state index is -0.729. The second-order valence-corrected chi connectivity index (χ2v) is 7.07. The zero-order valence-electron chi connectivity index (χ0n) is 12.9. The van der Waals surface area contributed by atoms with Gasteiger partial charge in [0.1, 0.15) is 5.82 Å². The zero-order chi connectivity index (χ0) is 16.7. The molecule has 0 atom stereocenters. The molecule has 1 saturated heterocycles. The molecule has 1 heterocycles. The maximum absolute atomic E-state index is 13.6. The van der Waals surface area contributed by atoms with E-state index < -0.39 is 24.1 Å². The third-order valence-electron chi connectivity index (χ3n) is 4.10. The second-order valence-electron chi connectivity index (χ2n) is 6.26. The molecule has 120 valence electrons. The molecule has 0 unspecified atom stereocenters. The number of rotatable bonds is 3. The zero-order valence-corrected chi connectivity index (χ0v) is 14.4. The summed E-state index contributed by atoms with van der Waals surface area (Å²) in [6.07, 6.45) is 1.54. The predicted octanol–water partition coefficient (Wildman–Crippen LogP) is 4.14. The Morgan fingerprint density at radius 2 is 1.77 bits per heavy atom. The van der Waals surface area contributed by atoms with E-state index in [4.69, 9.17) is 32.5 Å². The summed E-state index contributed by atoms with van der Waals surface area (Å²) >= 11 is 11.8. The summed E-state index contributed by atoms with van der Waals surface area (Å²) in [5.41, 5.74) is -0.252. The van der Waals surface area contributed by atoms with E-state index in [9.17, 15) is 9.50 Å². The van der Waals surface area contributed by atoms with E-state index in [1.807, 2.05) is 27.7 Å². The topological polar surface area (TPSA) is 38.7 Å². The first-order chi connectivity index (χ1) is 10.1. The maximum Gasteiger partial charge on any atom is 0.492 e. The molecule has 7 heteroatoms. The lowest BCUT2D eigenvalue weighted by atomic mass is 9.77. The van der Waals surface area contributed by atoms with Crippen molar-refractivity contribution in [1.82, 2.24) is 0 Å². The van der Waals surface area contributed by atoms with Gasteiger partial charge in [-0.15, -0.1) is 0 Å². The van der Waals surface area contributed by atoms with E-state index >= 15 is 0 Å². The van der Waals surface area contributed by atoms with E-state index in [1.165, 1.54) is 6.07 Å². The van der Waals surface area contributed by atoms with Crippen molar-refractivity contribution < 1.29 is 18.8 Å². The van der Waals surface area contributed by atoms with Gasteiger partial charge in [0.15, 0.2) is 0 Å². The largest absolute Gasteiger partial charge is 0.492 e. The van der Waals surface area contributed by atoms with Gasteiger partial charge >= 0.3 is 7.12 Å². The summed E-state index contributed by atoms with van der Waals surface area (Å²) in [5, 5.41) is 9.78. The number of benzene rings is 1. The molecule has 3 nitrogen and oxygen atoms in total. The smallest absolute Gasteiger partial charge is 0.400 e. The molecule has 2 rings (SSSR count). The molecular weight excluding hydrogens is 329 g/mol. The molecule has 0 spiro atoms. The Bertz CT molecular complexity index is 601. The Hall–Kier alpha value is -0.585. The highest BCUT2D eigenvalue weighted by atomic mass is 35.5. The van der Waals surface area contributed by atoms with Crippen LogP contribution in [-0.4, -0.2) is 30.0 Å². The van der Waals surface area contributed by atoms with Gasteiger partial charge in [-0.3, -0.25) is 0 Å². The van der Waals surface area contributed by atoms with E-state index in [-0.39, 0.29) is 16.7 Å². The highest BCUT2D eigenvalue weighted by molar-refractivity contribution is 6.56. The van der Waals surface area contributed by atoms with Crippen LogP contribution in [0.3, 0.4) is 0 Å². The van der Waals surface area contributed by atoms with Crippen LogP contribution in [0.2, 0.25) is 10.0 Å². The summed E-state index contributed by atoms with van der Waals surface area (Å²) < 4.78 is 25.4. The van der Waals surface area contributed by atoms with Gasteiger partial charge < -0.3 is 14.4 Å². The van der Waals surface area contributed by atoms with Crippen molar-refractivity contribution in [2.24, 2.45) is 0 Å². The lowest BCUT2D eigenvalue weighted by Crippen LogP contribution is -2.41. The maximum atomic E-state index is 13.6. The van der Waals surface area contributed by atoms with Crippen LogP contribution in [0.25, 0.3) is 6.08 Å². The Kier molecular flexibility index (Phi) is 4.95. The average molecular weight is 347 g/mol. The summed E-state index contributed by atoms with van der Waals surface area (Å²) in [6, 6.07) is 2.66. The molecule has 0 amide bonds. The SMILES string of the molecule is CC1(C)OB(C(=Cc2cc(Cl)cc(F)c2Cl)CO)OC1(C)C. The van der Waals surface area contributed by atoms with E-state index in [0.29, 0.717) is 11.0 Å². The van der Waals surface area contributed by atoms with Crippen molar-refractivity contribution >= 4 is 36.4 Å². The fourth-order valence-electron chi connectivity index (χ4n) is 2.06. The molecule has 1 aliphatic rings. The number of aliphatic hydroxyl groups is 1. The Balaban J connectivity index is 2.38. The number of hydrogen-bond acceptors (Lipinski definition) is 3. The standard InChI is InChI=1S/C15H18BCl2FO3/c1-14(2)15(3,4)22-16(21-14)10(8-20)5-9-6-11(17)7-12(19)13(9)18/h5-7,20H,8H2,1-4H3. The van der Waals surface area contributed by atoms with Gasteiger partial charge in [0, 0.05) is 5.02 Å². The van der Waals surface area contributed by atoms with Crippen LogP contribution in [0.15, 0.2) is 17.6 Å². The lowest BCUT2D eigenvalue weighted by Gasteiger charge is -2.32. The van der Waals surface area contributed by atoms with Crippen molar-refractivity contribution in [1.29, 1.82) is 0 Å². The van der Waals surface area contributed by atoms with Crippen LogP contribution >= 0.6 is 23.2 Å². The molecule has 1 fully saturated rings. The van der Waals surface area contributed by atoms with Gasteiger partial charge in [-0.05, 0) is 50.9 Å². The molecule has 0 bridgehead atoms. The van der Waals surface area contributed by atoms with E-state index in [2.05, 4.69) is 0 Å². The minimum Gasteiger partial charge on any atom is -0.400 e. The van der Waals surface area contributed by atoms with E-state index in [1.54, 1.807) is 6.08 Å². The fourth-order valence-corrected chi connectivity index (χ4v) is 2.44. The molecule has 1 aromatic rings. The van der Waals surface area contributed by atoms with Crippen molar-refractivity contribution in [2.75, 3.05) is 6.61 Å². The third-order valence-corrected chi connectivity index (χ3v) is 4.72.